The number of benzene rings is 2. The molecule has 0 radical (unpaired) electrons. The van der Waals surface area contributed by atoms with E-state index in [4.69, 9.17) is 11.6 Å². The van der Waals surface area contributed by atoms with Crippen LogP contribution in [0.15, 0.2) is 48.5 Å². The van der Waals surface area contributed by atoms with Crippen molar-refractivity contribution in [3.05, 3.63) is 68.3 Å². The van der Waals surface area contributed by atoms with E-state index in [1.807, 2.05) is 7.05 Å². The Morgan fingerprint density at radius 3 is 2.60 bits per heavy atom. The Hall–Kier alpha value is -0.580. The Kier molecular flexibility index (Phi) is 4.34. The molecule has 0 amide bonds. The summed E-state index contributed by atoms with van der Waals surface area (Å²) in [4.78, 5) is 0. The molecule has 1 aliphatic rings. The van der Waals surface area contributed by atoms with E-state index in [9.17, 15) is 0 Å². The van der Waals surface area contributed by atoms with Crippen molar-refractivity contribution < 1.29 is 0 Å². The topological polar surface area (TPSA) is 12.0 Å². The molecule has 1 N–H and O–H groups in total. The Balaban J connectivity index is 1.80. The third kappa shape index (κ3) is 2.87. The van der Waals surface area contributed by atoms with Crippen molar-refractivity contribution in [2.24, 2.45) is 5.92 Å². The summed E-state index contributed by atoms with van der Waals surface area (Å²) < 4.78 is 1.11. The first-order chi connectivity index (χ1) is 9.70. The van der Waals surface area contributed by atoms with E-state index >= 15 is 0 Å². The molecule has 0 aliphatic heterocycles. The van der Waals surface area contributed by atoms with Gasteiger partial charge in [-0.15, -0.1) is 0 Å². The molecule has 0 spiro atoms. The van der Waals surface area contributed by atoms with E-state index in [1.165, 1.54) is 17.5 Å². The maximum atomic E-state index is 6.26. The second kappa shape index (κ2) is 6.04. The highest BCUT2D eigenvalue weighted by Gasteiger charge is 2.43. The first-order valence-corrected chi connectivity index (χ1v) is 8.33. The van der Waals surface area contributed by atoms with Gasteiger partial charge in [0.15, 0.2) is 0 Å². The zero-order valence-electron chi connectivity index (χ0n) is 11.3. The van der Waals surface area contributed by atoms with Gasteiger partial charge in [-0.2, -0.15) is 0 Å². The van der Waals surface area contributed by atoms with Crippen LogP contribution in [0.3, 0.4) is 0 Å². The molecule has 3 unspecified atom stereocenters. The molecule has 104 valence electrons. The van der Waals surface area contributed by atoms with Crippen LogP contribution in [0.5, 0.6) is 0 Å². The van der Waals surface area contributed by atoms with Gasteiger partial charge in [0.2, 0.25) is 0 Å². The molecule has 3 rings (SSSR count). The molecule has 1 saturated carbocycles. The van der Waals surface area contributed by atoms with Crippen LogP contribution in [-0.4, -0.2) is 7.05 Å². The van der Waals surface area contributed by atoms with Crippen molar-refractivity contribution in [3.8, 4) is 0 Å². The van der Waals surface area contributed by atoms with E-state index in [0.717, 1.165) is 8.59 Å². The first-order valence-electron chi connectivity index (χ1n) is 6.88. The van der Waals surface area contributed by atoms with Crippen LogP contribution in [0, 0.1) is 9.49 Å². The number of halogens is 2. The fraction of sp³-hybridized carbons (Fsp3) is 0.294. The van der Waals surface area contributed by atoms with Crippen LogP contribution in [0.4, 0.5) is 0 Å². The van der Waals surface area contributed by atoms with Crippen molar-refractivity contribution in [3.63, 3.8) is 0 Å². The lowest BCUT2D eigenvalue weighted by Crippen LogP contribution is -2.19. The number of nitrogens with one attached hydrogen (secondary N) is 1. The smallest absolute Gasteiger partial charge is 0.0542 e. The lowest BCUT2D eigenvalue weighted by Gasteiger charge is -2.17. The average Bonchev–Trinajstić information content (AvgIpc) is 3.25. The summed E-state index contributed by atoms with van der Waals surface area (Å²) >= 11 is 8.53. The average molecular weight is 398 g/mol. The molecule has 0 heterocycles. The van der Waals surface area contributed by atoms with Gasteiger partial charge in [-0.1, -0.05) is 48.0 Å². The van der Waals surface area contributed by atoms with Gasteiger partial charge in [0, 0.05) is 9.61 Å². The monoisotopic (exact) mass is 397 g/mol. The molecule has 1 aliphatic carbocycles. The third-order valence-corrected chi connectivity index (χ3v) is 5.68. The highest BCUT2D eigenvalue weighted by Crippen LogP contribution is 2.54. The normalized spacial score (nSPS) is 22.6. The summed E-state index contributed by atoms with van der Waals surface area (Å²) in [6.07, 6.45) is 1.25. The van der Waals surface area contributed by atoms with E-state index in [2.05, 4.69) is 76.4 Å². The zero-order chi connectivity index (χ0) is 14.1. The molecular formula is C17H17ClIN. The molecular weight excluding hydrogens is 381 g/mol. The minimum absolute atomic E-state index is 0.384. The highest BCUT2D eigenvalue weighted by molar-refractivity contribution is 14.1. The largest absolute Gasteiger partial charge is 0.313 e. The highest BCUT2D eigenvalue weighted by atomic mass is 127. The van der Waals surface area contributed by atoms with Gasteiger partial charge in [-0.3, -0.25) is 0 Å². The molecule has 0 saturated heterocycles. The second-order valence-electron chi connectivity index (χ2n) is 5.36. The molecule has 1 nitrogen and oxygen atoms in total. The van der Waals surface area contributed by atoms with Gasteiger partial charge in [0.1, 0.15) is 0 Å². The summed E-state index contributed by atoms with van der Waals surface area (Å²) in [5.41, 5.74) is 2.75. The van der Waals surface area contributed by atoms with E-state index in [0.29, 0.717) is 17.9 Å². The lowest BCUT2D eigenvalue weighted by atomic mass is 9.99. The Labute approximate surface area is 138 Å². The third-order valence-electron chi connectivity index (χ3n) is 4.11. The van der Waals surface area contributed by atoms with Crippen LogP contribution in [0.1, 0.15) is 29.5 Å². The number of hydrogen-bond acceptors (Lipinski definition) is 1. The van der Waals surface area contributed by atoms with Crippen LogP contribution in [0.25, 0.3) is 0 Å². The lowest BCUT2D eigenvalue weighted by molar-refractivity contribution is 0.518. The predicted octanol–water partition coefficient (Wildman–Crippen LogP) is 5.01. The van der Waals surface area contributed by atoms with Crippen molar-refractivity contribution in [1.29, 1.82) is 0 Å². The second-order valence-corrected chi connectivity index (χ2v) is 6.93. The Bertz CT molecular complexity index is 599. The van der Waals surface area contributed by atoms with Crippen LogP contribution in [0.2, 0.25) is 5.02 Å². The quantitative estimate of drug-likeness (QED) is 0.715. The molecule has 0 aromatic heterocycles. The maximum Gasteiger partial charge on any atom is 0.0542 e. The van der Waals surface area contributed by atoms with Crippen molar-refractivity contribution in [1.82, 2.24) is 5.32 Å². The zero-order valence-corrected chi connectivity index (χ0v) is 14.2. The Morgan fingerprint density at radius 1 is 1.20 bits per heavy atom. The predicted molar refractivity (Wildman–Crippen MR) is 93.3 cm³/mol. The van der Waals surface area contributed by atoms with Gasteiger partial charge in [0.25, 0.3) is 0 Å². The molecule has 0 bridgehead atoms. The molecule has 3 atom stereocenters. The SMILES string of the molecule is CNC(c1ccc(I)c(Cl)c1)C1CC1c1ccccc1. The molecule has 2 aromatic carbocycles. The molecule has 3 heteroatoms. The van der Waals surface area contributed by atoms with Crippen molar-refractivity contribution in [2.45, 2.75) is 18.4 Å². The fourth-order valence-corrected chi connectivity index (χ4v) is 3.52. The standard InChI is InChI=1S/C17H17ClIN/c1-20-17(12-7-8-16(19)15(18)9-12)14-10-13(14)11-5-3-2-4-6-11/h2-9,13-14,17,20H,10H2,1H3. The first kappa shape index (κ1) is 14.4. The van der Waals surface area contributed by atoms with E-state index in [1.54, 1.807) is 0 Å². The van der Waals surface area contributed by atoms with Crippen LogP contribution < -0.4 is 5.32 Å². The summed E-state index contributed by atoms with van der Waals surface area (Å²) in [5, 5.41) is 4.31. The molecule has 2 aromatic rings. The fourth-order valence-electron chi connectivity index (χ4n) is 3.00. The summed E-state index contributed by atoms with van der Waals surface area (Å²) in [5.74, 6) is 1.34. The van der Waals surface area contributed by atoms with Gasteiger partial charge < -0.3 is 5.32 Å². The minimum atomic E-state index is 0.384. The van der Waals surface area contributed by atoms with E-state index < -0.39 is 0 Å². The van der Waals surface area contributed by atoms with Gasteiger partial charge in [0.05, 0.1) is 5.02 Å². The number of rotatable bonds is 4. The van der Waals surface area contributed by atoms with Crippen molar-refractivity contribution in [2.75, 3.05) is 7.05 Å². The maximum absolute atomic E-state index is 6.26. The van der Waals surface area contributed by atoms with Crippen molar-refractivity contribution >= 4 is 34.2 Å². The minimum Gasteiger partial charge on any atom is -0.313 e. The van der Waals surface area contributed by atoms with E-state index in [-0.39, 0.29) is 0 Å². The van der Waals surface area contributed by atoms with Crippen LogP contribution in [-0.2, 0) is 0 Å². The van der Waals surface area contributed by atoms with Gasteiger partial charge >= 0.3 is 0 Å². The molecule has 20 heavy (non-hydrogen) atoms. The van der Waals surface area contributed by atoms with Crippen LogP contribution >= 0.6 is 34.2 Å². The molecule has 1 fully saturated rings. The van der Waals surface area contributed by atoms with Gasteiger partial charge in [-0.25, -0.2) is 0 Å². The Morgan fingerprint density at radius 2 is 1.95 bits per heavy atom. The van der Waals surface area contributed by atoms with Gasteiger partial charge in [-0.05, 0) is 71.2 Å². The summed E-state index contributed by atoms with van der Waals surface area (Å²) in [6, 6.07) is 17.6. The summed E-state index contributed by atoms with van der Waals surface area (Å²) in [6.45, 7) is 0. The summed E-state index contributed by atoms with van der Waals surface area (Å²) in [7, 11) is 2.04. The number of hydrogen-bond donors (Lipinski definition) is 1.